The average Bonchev–Trinajstić information content (AvgIpc) is 2.79. The smallest absolute Gasteiger partial charge is 0.138 e. The standard InChI is InChI=1S/C14H9ClN4/c1-19-12-3-2-9(6-11(12)8-18-19)13-10(7-16)4-5-17-14(13)15/h2-6,8H,1H3. The third-order valence-electron chi connectivity index (χ3n) is 3.06. The van der Waals surface area contributed by atoms with Crippen molar-refractivity contribution in [1.82, 2.24) is 14.8 Å². The summed E-state index contributed by atoms with van der Waals surface area (Å²) in [6.07, 6.45) is 3.32. The predicted molar refractivity (Wildman–Crippen MR) is 73.7 cm³/mol. The van der Waals surface area contributed by atoms with Crippen LogP contribution in [-0.4, -0.2) is 14.8 Å². The van der Waals surface area contributed by atoms with Crippen molar-refractivity contribution >= 4 is 22.5 Å². The molecule has 0 saturated heterocycles. The van der Waals surface area contributed by atoms with Crippen LogP contribution in [0.15, 0.2) is 36.7 Å². The fourth-order valence-corrected chi connectivity index (χ4v) is 2.39. The van der Waals surface area contributed by atoms with Crippen LogP contribution in [-0.2, 0) is 7.05 Å². The van der Waals surface area contributed by atoms with Gasteiger partial charge in [-0.1, -0.05) is 17.7 Å². The van der Waals surface area contributed by atoms with Crippen LogP contribution in [0.1, 0.15) is 5.56 Å². The van der Waals surface area contributed by atoms with Gasteiger partial charge in [0.15, 0.2) is 0 Å². The highest BCUT2D eigenvalue weighted by atomic mass is 35.5. The van der Waals surface area contributed by atoms with Crippen molar-refractivity contribution in [3.63, 3.8) is 0 Å². The maximum absolute atomic E-state index is 9.17. The first-order chi connectivity index (χ1) is 9.20. The van der Waals surface area contributed by atoms with Crippen LogP contribution in [0.25, 0.3) is 22.0 Å². The van der Waals surface area contributed by atoms with Gasteiger partial charge in [0.2, 0.25) is 0 Å². The molecule has 3 rings (SSSR count). The lowest BCUT2D eigenvalue weighted by molar-refractivity contribution is 0.797. The molecule has 19 heavy (non-hydrogen) atoms. The highest BCUT2D eigenvalue weighted by Crippen LogP contribution is 2.31. The molecule has 0 spiro atoms. The Kier molecular flexibility index (Phi) is 2.69. The van der Waals surface area contributed by atoms with Gasteiger partial charge in [0.25, 0.3) is 0 Å². The topological polar surface area (TPSA) is 54.5 Å². The highest BCUT2D eigenvalue weighted by molar-refractivity contribution is 6.32. The molecular weight excluding hydrogens is 260 g/mol. The Morgan fingerprint density at radius 3 is 2.95 bits per heavy atom. The molecule has 4 nitrogen and oxygen atoms in total. The van der Waals surface area contributed by atoms with E-state index in [-0.39, 0.29) is 0 Å². The van der Waals surface area contributed by atoms with Gasteiger partial charge in [-0.25, -0.2) is 4.98 Å². The van der Waals surface area contributed by atoms with Gasteiger partial charge >= 0.3 is 0 Å². The van der Waals surface area contributed by atoms with Crippen molar-refractivity contribution < 1.29 is 0 Å². The lowest BCUT2D eigenvalue weighted by Crippen LogP contribution is -1.90. The van der Waals surface area contributed by atoms with E-state index in [2.05, 4.69) is 16.2 Å². The minimum Gasteiger partial charge on any atom is -0.268 e. The highest BCUT2D eigenvalue weighted by Gasteiger charge is 2.11. The second-order valence-corrected chi connectivity index (χ2v) is 4.54. The van der Waals surface area contributed by atoms with Crippen molar-refractivity contribution in [2.45, 2.75) is 0 Å². The van der Waals surface area contributed by atoms with Crippen LogP contribution >= 0.6 is 11.6 Å². The Labute approximate surface area is 114 Å². The first kappa shape index (κ1) is 11.7. The van der Waals surface area contributed by atoms with E-state index in [1.165, 1.54) is 6.20 Å². The van der Waals surface area contributed by atoms with Gasteiger partial charge in [-0.15, -0.1) is 0 Å². The van der Waals surface area contributed by atoms with Crippen molar-refractivity contribution in [2.75, 3.05) is 0 Å². The van der Waals surface area contributed by atoms with Gasteiger partial charge in [-0.05, 0) is 23.8 Å². The van der Waals surface area contributed by atoms with Crippen LogP contribution < -0.4 is 0 Å². The van der Waals surface area contributed by atoms with Gasteiger partial charge in [-0.2, -0.15) is 10.4 Å². The molecule has 0 amide bonds. The zero-order chi connectivity index (χ0) is 13.4. The SMILES string of the molecule is Cn1ncc2cc(-c3c(C#N)ccnc3Cl)ccc21. The van der Waals surface area contributed by atoms with Gasteiger partial charge in [0, 0.05) is 24.2 Å². The van der Waals surface area contributed by atoms with E-state index in [9.17, 15) is 0 Å². The summed E-state index contributed by atoms with van der Waals surface area (Å²) in [6.45, 7) is 0. The molecule has 5 heteroatoms. The van der Waals surface area contributed by atoms with Gasteiger partial charge in [0.05, 0.1) is 23.3 Å². The van der Waals surface area contributed by atoms with Crippen molar-refractivity contribution in [3.05, 3.63) is 47.4 Å². The number of hydrogen-bond acceptors (Lipinski definition) is 3. The third-order valence-corrected chi connectivity index (χ3v) is 3.35. The molecule has 0 bridgehead atoms. The molecule has 0 aliphatic rings. The molecule has 0 radical (unpaired) electrons. The van der Waals surface area contributed by atoms with Crippen LogP contribution in [0.2, 0.25) is 5.15 Å². The average molecular weight is 269 g/mol. The van der Waals surface area contributed by atoms with E-state index in [1.807, 2.05) is 25.2 Å². The second kappa shape index (κ2) is 4.38. The Bertz CT molecular complexity index is 814. The number of nitriles is 1. The number of aromatic nitrogens is 3. The Hall–Kier alpha value is -2.38. The molecule has 0 atom stereocenters. The Balaban J connectivity index is 2.28. The molecular formula is C14H9ClN4. The molecule has 0 unspecified atom stereocenters. The summed E-state index contributed by atoms with van der Waals surface area (Å²) in [5.41, 5.74) is 3.08. The van der Waals surface area contributed by atoms with E-state index in [1.54, 1.807) is 16.9 Å². The third kappa shape index (κ3) is 1.85. The predicted octanol–water partition coefficient (Wildman–Crippen LogP) is 3.16. The van der Waals surface area contributed by atoms with Gasteiger partial charge in [0.1, 0.15) is 5.15 Å². The summed E-state index contributed by atoms with van der Waals surface area (Å²) >= 11 is 6.12. The van der Waals surface area contributed by atoms with Crippen molar-refractivity contribution in [3.8, 4) is 17.2 Å². The van der Waals surface area contributed by atoms with E-state index in [0.29, 0.717) is 16.3 Å². The summed E-state index contributed by atoms with van der Waals surface area (Å²) < 4.78 is 1.80. The largest absolute Gasteiger partial charge is 0.268 e. The van der Waals surface area contributed by atoms with E-state index >= 15 is 0 Å². The number of benzene rings is 1. The zero-order valence-corrected chi connectivity index (χ0v) is 10.9. The molecule has 0 N–H and O–H groups in total. The number of hydrogen-bond donors (Lipinski definition) is 0. The number of fused-ring (bicyclic) bond motifs is 1. The molecule has 0 aliphatic heterocycles. The molecule has 0 fully saturated rings. The molecule has 1 aromatic carbocycles. The summed E-state index contributed by atoms with van der Waals surface area (Å²) in [6, 6.07) is 9.65. The number of rotatable bonds is 1. The minimum absolute atomic E-state index is 0.335. The first-order valence-electron chi connectivity index (χ1n) is 5.67. The summed E-state index contributed by atoms with van der Waals surface area (Å²) in [5.74, 6) is 0. The second-order valence-electron chi connectivity index (χ2n) is 4.18. The summed E-state index contributed by atoms with van der Waals surface area (Å²) in [5, 5.41) is 14.7. The molecule has 2 aromatic heterocycles. The number of halogens is 1. The maximum atomic E-state index is 9.17. The van der Waals surface area contributed by atoms with Gasteiger partial charge in [-0.3, -0.25) is 4.68 Å². The lowest BCUT2D eigenvalue weighted by Gasteiger charge is -2.06. The number of nitrogens with zero attached hydrogens (tertiary/aromatic N) is 4. The van der Waals surface area contributed by atoms with E-state index in [4.69, 9.17) is 16.9 Å². The minimum atomic E-state index is 0.335. The fourth-order valence-electron chi connectivity index (χ4n) is 2.12. The number of pyridine rings is 1. The summed E-state index contributed by atoms with van der Waals surface area (Å²) in [4.78, 5) is 4.04. The van der Waals surface area contributed by atoms with Crippen LogP contribution in [0.4, 0.5) is 0 Å². The summed E-state index contributed by atoms with van der Waals surface area (Å²) in [7, 11) is 1.89. The normalized spacial score (nSPS) is 10.6. The maximum Gasteiger partial charge on any atom is 0.138 e. The zero-order valence-electron chi connectivity index (χ0n) is 10.1. The van der Waals surface area contributed by atoms with Crippen LogP contribution in [0, 0.1) is 11.3 Å². The first-order valence-corrected chi connectivity index (χ1v) is 6.05. The molecule has 92 valence electrons. The quantitative estimate of drug-likeness (QED) is 0.637. The fraction of sp³-hybridized carbons (Fsp3) is 0.0714. The van der Waals surface area contributed by atoms with Crippen molar-refractivity contribution in [1.29, 1.82) is 5.26 Å². The van der Waals surface area contributed by atoms with E-state index in [0.717, 1.165) is 16.5 Å². The van der Waals surface area contributed by atoms with Crippen LogP contribution in [0.3, 0.4) is 0 Å². The van der Waals surface area contributed by atoms with E-state index < -0.39 is 0 Å². The molecule has 3 aromatic rings. The number of aryl methyl sites for hydroxylation is 1. The van der Waals surface area contributed by atoms with Crippen LogP contribution in [0.5, 0.6) is 0 Å². The Morgan fingerprint density at radius 2 is 2.16 bits per heavy atom. The monoisotopic (exact) mass is 268 g/mol. The molecule has 2 heterocycles. The molecule has 0 aliphatic carbocycles. The van der Waals surface area contributed by atoms with Crippen molar-refractivity contribution in [2.24, 2.45) is 7.05 Å². The Morgan fingerprint density at radius 1 is 1.32 bits per heavy atom. The lowest BCUT2D eigenvalue weighted by atomic mass is 10.0. The van der Waals surface area contributed by atoms with Gasteiger partial charge < -0.3 is 0 Å². The molecule has 0 saturated carbocycles.